The van der Waals surface area contributed by atoms with Crippen molar-refractivity contribution in [2.24, 2.45) is 0 Å². The summed E-state index contributed by atoms with van der Waals surface area (Å²) in [4.78, 5) is 4.56. The molecule has 0 amide bonds. The summed E-state index contributed by atoms with van der Waals surface area (Å²) in [5, 5.41) is 1.09. The second kappa shape index (κ2) is 5.21. The Kier molecular flexibility index (Phi) is 3.25. The van der Waals surface area contributed by atoms with E-state index in [0.29, 0.717) is 6.61 Å². The van der Waals surface area contributed by atoms with Gasteiger partial charge in [0.15, 0.2) is 0 Å². The van der Waals surface area contributed by atoms with Gasteiger partial charge in [-0.25, -0.2) is 4.98 Å². The van der Waals surface area contributed by atoms with Gasteiger partial charge in [-0.1, -0.05) is 30.3 Å². The molecule has 0 aliphatic carbocycles. The highest BCUT2D eigenvalue weighted by Gasteiger charge is 2.04. The topological polar surface area (TPSA) is 48.1 Å². The summed E-state index contributed by atoms with van der Waals surface area (Å²) >= 11 is 0. The van der Waals surface area contributed by atoms with Crippen molar-refractivity contribution < 1.29 is 4.74 Å². The van der Waals surface area contributed by atoms with Crippen LogP contribution in [0.15, 0.2) is 54.6 Å². The van der Waals surface area contributed by atoms with E-state index in [1.54, 1.807) is 0 Å². The summed E-state index contributed by atoms with van der Waals surface area (Å²) in [5.41, 5.74) is 9.41. The monoisotopic (exact) mass is 264 g/mol. The molecule has 20 heavy (non-hydrogen) atoms. The Bertz CT molecular complexity index is 736. The molecule has 0 unspecified atom stereocenters. The smallest absolute Gasteiger partial charge is 0.146 e. The maximum atomic E-state index is 5.90. The third kappa shape index (κ3) is 2.57. The molecular formula is C17H16N2O. The zero-order chi connectivity index (χ0) is 13.9. The van der Waals surface area contributed by atoms with Crippen LogP contribution in [-0.4, -0.2) is 4.98 Å². The number of hydrogen-bond acceptors (Lipinski definition) is 3. The Morgan fingerprint density at radius 3 is 2.60 bits per heavy atom. The minimum Gasteiger partial charge on any atom is -0.487 e. The Morgan fingerprint density at radius 1 is 1.00 bits per heavy atom. The van der Waals surface area contributed by atoms with Crippen LogP contribution in [0.25, 0.3) is 10.9 Å². The van der Waals surface area contributed by atoms with E-state index in [9.17, 15) is 0 Å². The molecule has 0 atom stereocenters. The Hall–Kier alpha value is -2.55. The normalized spacial score (nSPS) is 10.7. The van der Waals surface area contributed by atoms with E-state index in [0.717, 1.165) is 33.6 Å². The summed E-state index contributed by atoms with van der Waals surface area (Å²) in [7, 11) is 0. The van der Waals surface area contributed by atoms with Crippen molar-refractivity contribution in [3.8, 4) is 5.75 Å². The highest BCUT2D eigenvalue weighted by molar-refractivity contribution is 5.84. The molecule has 3 rings (SSSR count). The number of aryl methyl sites for hydroxylation is 1. The number of aromatic nitrogens is 1. The van der Waals surface area contributed by atoms with Gasteiger partial charge in [0.2, 0.25) is 0 Å². The molecule has 2 N–H and O–H groups in total. The first-order chi connectivity index (χ1) is 9.72. The van der Waals surface area contributed by atoms with Gasteiger partial charge in [-0.05, 0) is 36.8 Å². The summed E-state index contributed by atoms with van der Waals surface area (Å²) in [6.45, 7) is 2.49. The fourth-order valence-corrected chi connectivity index (χ4v) is 2.11. The number of rotatable bonds is 3. The third-order valence-electron chi connectivity index (χ3n) is 3.20. The quantitative estimate of drug-likeness (QED) is 0.734. The van der Waals surface area contributed by atoms with Crippen LogP contribution in [0, 0.1) is 6.92 Å². The van der Waals surface area contributed by atoms with Crippen molar-refractivity contribution in [2.45, 2.75) is 13.5 Å². The van der Waals surface area contributed by atoms with Crippen molar-refractivity contribution in [3.63, 3.8) is 0 Å². The molecule has 1 heterocycles. The van der Waals surface area contributed by atoms with Crippen LogP contribution in [-0.2, 0) is 6.61 Å². The largest absolute Gasteiger partial charge is 0.487 e. The number of nitrogens with zero attached hydrogens (tertiary/aromatic N) is 1. The first kappa shape index (κ1) is 12.5. The Balaban J connectivity index is 1.87. The van der Waals surface area contributed by atoms with Gasteiger partial charge in [0.1, 0.15) is 17.9 Å². The Morgan fingerprint density at radius 2 is 1.80 bits per heavy atom. The fourth-order valence-electron chi connectivity index (χ4n) is 2.11. The number of anilines is 1. The average molecular weight is 264 g/mol. The van der Waals surface area contributed by atoms with Crippen molar-refractivity contribution >= 4 is 16.6 Å². The zero-order valence-corrected chi connectivity index (χ0v) is 11.3. The van der Waals surface area contributed by atoms with Crippen LogP contribution in [0.2, 0.25) is 0 Å². The van der Waals surface area contributed by atoms with Crippen molar-refractivity contribution in [1.29, 1.82) is 0 Å². The minimum absolute atomic E-state index is 0.509. The minimum atomic E-state index is 0.509. The summed E-state index contributed by atoms with van der Waals surface area (Å²) < 4.78 is 5.90. The van der Waals surface area contributed by atoms with E-state index in [-0.39, 0.29) is 0 Å². The standard InChI is InChI=1S/C17H16N2O/c1-12-5-8-14-3-2-4-16(17(14)19-12)20-11-13-6-9-15(18)10-7-13/h2-10H,11,18H2,1H3. The van der Waals surface area contributed by atoms with Gasteiger partial charge in [0, 0.05) is 16.8 Å². The first-order valence-corrected chi connectivity index (χ1v) is 6.56. The molecule has 0 saturated carbocycles. The summed E-state index contributed by atoms with van der Waals surface area (Å²) in [6.07, 6.45) is 0. The molecule has 3 heteroatoms. The van der Waals surface area contributed by atoms with E-state index in [2.05, 4.69) is 11.1 Å². The number of hydrogen-bond donors (Lipinski definition) is 1. The lowest BCUT2D eigenvalue weighted by Crippen LogP contribution is -1.97. The number of nitrogen functional groups attached to an aromatic ring is 1. The molecule has 0 saturated heterocycles. The van der Waals surface area contributed by atoms with Crippen LogP contribution in [0.3, 0.4) is 0 Å². The lowest BCUT2D eigenvalue weighted by atomic mass is 10.2. The molecule has 100 valence electrons. The summed E-state index contributed by atoms with van der Waals surface area (Å²) in [5.74, 6) is 0.808. The van der Waals surface area contributed by atoms with Gasteiger partial charge in [0.05, 0.1) is 0 Å². The van der Waals surface area contributed by atoms with Crippen LogP contribution < -0.4 is 10.5 Å². The Labute approximate surface area is 118 Å². The predicted molar refractivity (Wildman–Crippen MR) is 81.7 cm³/mol. The van der Waals surface area contributed by atoms with Crippen molar-refractivity contribution in [2.75, 3.05) is 5.73 Å². The van der Waals surface area contributed by atoms with Gasteiger partial charge < -0.3 is 10.5 Å². The van der Waals surface area contributed by atoms with Gasteiger partial charge in [0.25, 0.3) is 0 Å². The van der Waals surface area contributed by atoms with Crippen LogP contribution in [0.5, 0.6) is 5.75 Å². The third-order valence-corrected chi connectivity index (χ3v) is 3.20. The lowest BCUT2D eigenvalue weighted by Gasteiger charge is -2.09. The first-order valence-electron chi connectivity index (χ1n) is 6.56. The number of pyridine rings is 1. The maximum Gasteiger partial charge on any atom is 0.146 e. The van der Waals surface area contributed by atoms with Crippen molar-refractivity contribution in [3.05, 3.63) is 65.9 Å². The second-order valence-corrected chi connectivity index (χ2v) is 4.81. The SMILES string of the molecule is Cc1ccc2cccc(OCc3ccc(N)cc3)c2n1. The van der Waals surface area contributed by atoms with E-state index >= 15 is 0 Å². The van der Waals surface area contributed by atoms with Gasteiger partial charge >= 0.3 is 0 Å². The van der Waals surface area contributed by atoms with Crippen LogP contribution >= 0.6 is 0 Å². The van der Waals surface area contributed by atoms with Gasteiger partial charge in [-0.3, -0.25) is 0 Å². The van der Waals surface area contributed by atoms with E-state index in [4.69, 9.17) is 10.5 Å². The number of benzene rings is 2. The van der Waals surface area contributed by atoms with Crippen LogP contribution in [0.1, 0.15) is 11.3 Å². The molecule has 0 spiro atoms. The van der Waals surface area contributed by atoms with Crippen LogP contribution in [0.4, 0.5) is 5.69 Å². The van der Waals surface area contributed by atoms with E-state index in [1.165, 1.54) is 0 Å². The summed E-state index contributed by atoms with van der Waals surface area (Å²) in [6, 6.07) is 17.7. The number of para-hydroxylation sites is 1. The van der Waals surface area contributed by atoms with E-state index < -0.39 is 0 Å². The molecule has 0 aliphatic rings. The van der Waals surface area contributed by atoms with Crippen molar-refractivity contribution in [1.82, 2.24) is 4.98 Å². The molecule has 0 fully saturated rings. The molecule has 0 bridgehead atoms. The molecular weight excluding hydrogens is 248 g/mol. The average Bonchev–Trinajstić information content (AvgIpc) is 2.47. The zero-order valence-electron chi connectivity index (χ0n) is 11.3. The van der Waals surface area contributed by atoms with Gasteiger partial charge in [-0.2, -0.15) is 0 Å². The second-order valence-electron chi connectivity index (χ2n) is 4.81. The predicted octanol–water partition coefficient (Wildman–Crippen LogP) is 3.70. The molecule has 3 nitrogen and oxygen atoms in total. The van der Waals surface area contributed by atoms with E-state index in [1.807, 2.05) is 55.5 Å². The highest BCUT2D eigenvalue weighted by atomic mass is 16.5. The molecule has 1 aromatic heterocycles. The highest BCUT2D eigenvalue weighted by Crippen LogP contribution is 2.24. The maximum absolute atomic E-state index is 5.90. The molecule has 0 aliphatic heterocycles. The number of fused-ring (bicyclic) bond motifs is 1. The molecule has 3 aromatic rings. The molecule has 0 radical (unpaired) electrons. The lowest BCUT2D eigenvalue weighted by molar-refractivity contribution is 0.309. The van der Waals surface area contributed by atoms with Gasteiger partial charge in [-0.15, -0.1) is 0 Å². The fraction of sp³-hybridized carbons (Fsp3) is 0.118. The molecule has 2 aromatic carbocycles. The number of nitrogens with two attached hydrogens (primary N) is 1. The number of ether oxygens (including phenoxy) is 1.